The highest BCUT2D eigenvalue weighted by Gasteiger charge is 2.05. The van der Waals surface area contributed by atoms with Gasteiger partial charge >= 0.3 is 5.97 Å². The molecular formula is C15H15NO4. The van der Waals surface area contributed by atoms with Crippen LogP contribution in [0.4, 0.5) is 5.69 Å². The largest absolute Gasteiger partial charge is 0.508 e. The number of benzene rings is 2. The third-order valence-electron chi connectivity index (χ3n) is 2.55. The molecule has 2 aromatic carbocycles. The van der Waals surface area contributed by atoms with Crippen molar-refractivity contribution < 1.29 is 19.4 Å². The summed E-state index contributed by atoms with van der Waals surface area (Å²) in [6, 6.07) is 13.3. The van der Waals surface area contributed by atoms with Crippen LogP contribution in [0.2, 0.25) is 0 Å². The maximum atomic E-state index is 11.5. The molecule has 0 radical (unpaired) electrons. The van der Waals surface area contributed by atoms with E-state index in [1.807, 2.05) is 0 Å². The van der Waals surface area contributed by atoms with Gasteiger partial charge in [0.2, 0.25) is 0 Å². The molecule has 0 heterocycles. The Kier molecular flexibility index (Phi) is 4.44. The molecule has 0 unspecified atom stereocenters. The SMILES string of the molecule is Nc1ccc(OCC(=O)OCc2cccc(O)c2)cc1. The molecule has 0 aliphatic rings. The van der Waals surface area contributed by atoms with Crippen LogP contribution in [0.3, 0.4) is 0 Å². The Hall–Kier alpha value is -2.69. The van der Waals surface area contributed by atoms with Crippen LogP contribution in [-0.4, -0.2) is 17.7 Å². The van der Waals surface area contributed by atoms with E-state index >= 15 is 0 Å². The fourth-order valence-corrected chi connectivity index (χ4v) is 1.56. The van der Waals surface area contributed by atoms with Gasteiger partial charge in [-0.1, -0.05) is 12.1 Å². The van der Waals surface area contributed by atoms with Crippen molar-refractivity contribution in [2.75, 3.05) is 12.3 Å². The number of carbonyl (C=O) groups excluding carboxylic acids is 1. The van der Waals surface area contributed by atoms with Crippen LogP contribution in [0.5, 0.6) is 11.5 Å². The molecule has 0 amide bonds. The van der Waals surface area contributed by atoms with Gasteiger partial charge in [-0.2, -0.15) is 0 Å². The molecule has 0 spiro atoms. The summed E-state index contributed by atoms with van der Waals surface area (Å²) in [6.45, 7) is -0.0823. The lowest BCUT2D eigenvalue weighted by Gasteiger charge is -2.07. The summed E-state index contributed by atoms with van der Waals surface area (Å²) in [5, 5.41) is 9.28. The summed E-state index contributed by atoms with van der Waals surface area (Å²) in [7, 11) is 0. The number of esters is 1. The number of anilines is 1. The van der Waals surface area contributed by atoms with Crippen LogP contribution in [0.1, 0.15) is 5.56 Å². The Labute approximate surface area is 116 Å². The highest BCUT2D eigenvalue weighted by atomic mass is 16.6. The number of nitrogens with two attached hydrogens (primary N) is 1. The highest BCUT2D eigenvalue weighted by molar-refractivity contribution is 5.71. The molecule has 5 heteroatoms. The Morgan fingerprint density at radius 3 is 2.60 bits per heavy atom. The van der Waals surface area contributed by atoms with Gasteiger partial charge in [0.05, 0.1) is 0 Å². The van der Waals surface area contributed by atoms with E-state index in [9.17, 15) is 9.90 Å². The molecule has 5 nitrogen and oxygen atoms in total. The second-order valence-electron chi connectivity index (χ2n) is 4.19. The number of aromatic hydroxyl groups is 1. The minimum absolute atomic E-state index is 0.0956. The zero-order valence-corrected chi connectivity index (χ0v) is 10.8. The van der Waals surface area contributed by atoms with Crippen molar-refractivity contribution in [1.29, 1.82) is 0 Å². The van der Waals surface area contributed by atoms with Crippen LogP contribution in [0.25, 0.3) is 0 Å². The minimum Gasteiger partial charge on any atom is -0.508 e. The average molecular weight is 273 g/mol. The number of hydrogen-bond donors (Lipinski definition) is 2. The predicted octanol–water partition coefficient (Wildman–Crippen LogP) is 2.10. The molecule has 0 saturated carbocycles. The molecular weight excluding hydrogens is 258 g/mol. The zero-order chi connectivity index (χ0) is 14.4. The quantitative estimate of drug-likeness (QED) is 0.644. The molecule has 0 aliphatic carbocycles. The molecule has 0 atom stereocenters. The first-order valence-corrected chi connectivity index (χ1v) is 6.05. The van der Waals surface area contributed by atoms with E-state index in [0.29, 0.717) is 17.0 Å². The first kappa shape index (κ1) is 13.7. The van der Waals surface area contributed by atoms with Crippen molar-refractivity contribution in [3.05, 3.63) is 54.1 Å². The van der Waals surface area contributed by atoms with Crippen LogP contribution >= 0.6 is 0 Å². The van der Waals surface area contributed by atoms with Crippen molar-refractivity contribution in [2.45, 2.75) is 6.61 Å². The maximum Gasteiger partial charge on any atom is 0.344 e. The number of nitrogen functional groups attached to an aromatic ring is 1. The molecule has 104 valence electrons. The molecule has 0 aliphatic heterocycles. The Morgan fingerprint density at radius 1 is 1.15 bits per heavy atom. The Bertz CT molecular complexity index is 581. The van der Waals surface area contributed by atoms with Gasteiger partial charge in [0, 0.05) is 5.69 Å². The molecule has 20 heavy (non-hydrogen) atoms. The Balaban J connectivity index is 1.77. The first-order chi connectivity index (χ1) is 9.63. The number of carbonyl (C=O) groups is 1. The van der Waals surface area contributed by atoms with Gasteiger partial charge in [-0.05, 0) is 42.0 Å². The second-order valence-corrected chi connectivity index (χ2v) is 4.19. The second kappa shape index (κ2) is 6.47. The van der Waals surface area contributed by atoms with E-state index < -0.39 is 5.97 Å². The van der Waals surface area contributed by atoms with E-state index in [4.69, 9.17) is 15.2 Å². The van der Waals surface area contributed by atoms with Crippen LogP contribution in [0, 0.1) is 0 Å². The van der Waals surface area contributed by atoms with Crippen molar-refractivity contribution in [2.24, 2.45) is 0 Å². The van der Waals surface area contributed by atoms with Gasteiger partial charge in [0.25, 0.3) is 0 Å². The Morgan fingerprint density at radius 2 is 1.90 bits per heavy atom. The van der Waals surface area contributed by atoms with E-state index in [-0.39, 0.29) is 19.0 Å². The fourth-order valence-electron chi connectivity index (χ4n) is 1.56. The topological polar surface area (TPSA) is 81.8 Å². The van der Waals surface area contributed by atoms with Gasteiger partial charge in [0.1, 0.15) is 18.1 Å². The van der Waals surface area contributed by atoms with E-state index in [0.717, 1.165) is 0 Å². The molecule has 3 N–H and O–H groups in total. The lowest BCUT2D eigenvalue weighted by atomic mass is 10.2. The average Bonchev–Trinajstić information content (AvgIpc) is 2.45. The summed E-state index contributed by atoms with van der Waals surface area (Å²) in [5.74, 6) is 0.204. The summed E-state index contributed by atoms with van der Waals surface area (Å²) >= 11 is 0. The normalized spacial score (nSPS) is 10.0. The van der Waals surface area contributed by atoms with Crippen molar-refractivity contribution >= 4 is 11.7 Å². The minimum atomic E-state index is -0.481. The van der Waals surface area contributed by atoms with Gasteiger partial charge in [0.15, 0.2) is 6.61 Å². The summed E-state index contributed by atoms with van der Waals surface area (Å²) in [4.78, 5) is 11.5. The first-order valence-electron chi connectivity index (χ1n) is 6.05. The standard InChI is InChI=1S/C15H15NO4/c16-12-4-6-14(7-5-12)19-10-15(18)20-9-11-2-1-3-13(17)8-11/h1-8,17H,9-10,16H2. The zero-order valence-electron chi connectivity index (χ0n) is 10.8. The van der Waals surface area contributed by atoms with Crippen molar-refractivity contribution in [1.82, 2.24) is 0 Å². The number of ether oxygens (including phenoxy) is 2. The van der Waals surface area contributed by atoms with Crippen LogP contribution in [0.15, 0.2) is 48.5 Å². The summed E-state index contributed by atoms with van der Waals surface area (Å²) < 4.78 is 10.3. The lowest BCUT2D eigenvalue weighted by molar-refractivity contribution is -0.147. The summed E-state index contributed by atoms with van der Waals surface area (Å²) in [5.41, 5.74) is 6.88. The third-order valence-corrected chi connectivity index (χ3v) is 2.55. The van der Waals surface area contributed by atoms with Crippen LogP contribution in [-0.2, 0) is 16.1 Å². The van der Waals surface area contributed by atoms with E-state index in [1.54, 1.807) is 42.5 Å². The molecule has 0 saturated heterocycles. The highest BCUT2D eigenvalue weighted by Crippen LogP contribution is 2.14. The fraction of sp³-hybridized carbons (Fsp3) is 0.133. The van der Waals surface area contributed by atoms with Gasteiger partial charge in [-0.3, -0.25) is 0 Å². The third kappa shape index (κ3) is 4.20. The molecule has 2 rings (SSSR count). The monoisotopic (exact) mass is 273 g/mol. The van der Waals surface area contributed by atoms with E-state index in [1.165, 1.54) is 6.07 Å². The molecule has 0 fully saturated rings. The molecule has 2 aromatic rings. The van der Waals surface area contributed by atoms with Gasteiger partial charge < -0.3 is 20.3 Å². The van der Waals surface area contributed by atoms with Gasteiger partial charge in [-0.25, -0.2) is 4.79 Å². The summed E-state index contributed by atoms with van der Waals surface area (Å²) in [6.07, 6.45) is 0. The smallest absolute Gasteiger partial charge is 0.344 e. The van der Waals surface area contributed by atoms with Crippen molar-refractivity contribution in [3.63, 3.8) is 0 Å². The van der Waals surface area contributed by atoms with Crippen molar-refractivity contribution in [3.8, 4) is 11.5 Å². The number of phenols is 1. The van der Waals surface area contributed by atoms with Gasteiger partial charge in [-0.15, -0.1) is 0 Å². The maximum absolute atomic E-state index is 11.5. The molecule has 0 bridgehead atoms. The number of rotatable bonds is 5. The molecule has 0 aromatic heterocycles. The lowest BCUT2D eigenvalue weighted by Crippen LogP contribution is -2.14. The number of phenolic OH excluding ortho intramolecular Hbond substituents is 1. The predicted molar refractivity (Wildman–Crippen MR) is 74.3 cm³/mol. The van der Waals surface area contributed by atoms with Crippen LogP contribution < -0.4 is 10.5 Å². The number of hydrogen-bond acceptors (Lipinski definition) is 5. The van der Waals surface area contributed by atoms with E-state index in [2.05, 4.69) is 0 Å².